The molecule has 26 heavy (non-hydrogen) atoms. The number of allylic oxidation sites excluding steroid dienone is 1. The summed E-state index contributed by atoms with van der Waals surface area (Å²) in [5, 5.41) is 0. The van der Waals surface area contributed by atoms with Crippen LogP contribution in [0.2, 0.25) is 0 Å². The fourth-order valence-corrected chi connectivity index (χ4v) is 4.42. The number of carbonyl (C=O) groups is 1. The average Bonchev–Trinajstić information content (AvgIpc) is 2.68. The Morgan fingerprint density at radius 3 is 2.35 bits per heavy atom. The molecule has 0 N–H and O–H groups in total. The summed E-state index contributed by atoms with van der Waals surface area (Å²) in [5.74, 6) is -0.184. The van der Waals surface area contributed by atoms with Crippen LogP contribution in [0.25, 0.3) is 6.08 Å². The molecule has 0 aliphatic carbocycles. The van der Waals surface area contributed by atoms with E-state index in [9.17, 15) is 13.2 Å². The molecule has 2 aromatic rings. The Kier molecular flexibility index (Phi) is 6.03. The summed E-state index contributed by atoms with van der Waals surface area (Å²) in [6.07, 6.45) is 3.20. The predicted octanol–water partition coefficient (Wildman–Crippen LogP) is 3.37. The van der Waals surface area contributed by atoms with E-state index in [1.807, 2.05) is 24.3 Å². The molecule has 0 bridgehead atoms. The Balaban J connectivity index is 1.75. The number of ether oxygens (including phenoxy) is 1. The second-order valence-electron chi connectivity index (χ2n) is 5.76. The smallest absolute Gasteiger partial charge is 0.243 e. The van der Waals surface area contributed by atoms with Crippen molar-refractivity contribution in [2.75, 3.05) is 26.3 Å². The Morgan fingerprint density at radius 1 is 1.04 bits per heavy atom. The van der Waals surface area contributed by atoms with E-state index in [2.05, 4.69) is 15.9 Å². The van der Waals surface area contributed by atoms with Gasteiger partial charge in [-0.2, -0.15) is 4.31 Å². The largest absolute Gasteiger partial charge is 0.379 e. The normalized spacial score (nSPS) is 16.0. The van der Waals surface area contributed by atoms with Gasteiger partial charge in [-0.05, 0) is 48.0 Å². The molecule has 136 valence electrons. The minimum absolute atomic E-state index is 0.184. The lowest BCUT2D eigenvalue weighted by molar-refractivity contribution is 0.0730. The number of carbonyl (C=O) groups excluding carboxylic acids is 1. The molecule has 0 aromatic heterocycles. The van der Waals surface area contributed by atoms with Gasteiger partial charge < -0.3 is 4.74 Å². The highest BCUT2D eigenvalue weighted by Crippen LogP contribution is 2.19. The summed E-state index contributed by atoms with van der Waals surface area (Å²) in [7, 11) is -3.55. The SMILES string of the molecule is O=C(/C=C/c1ccccc1Br)c1ccc(S(=O)(=O)N2CCOCC2)cc1. The van der Waals surface area contributed by atoms with Gasteiger partial charge in [0.25, 0.3) is 0 Å². The molecular formula is C19H18BrNO4S. The first kappa shape index (κ1) is 19.0. The quantitative estimate of drug-likeness (QED) is 0.533. The zero-order valence-corrected chi connectivity index (χ0v) is 16.4. The molecule has 1 aliphatic heterocycles. The zero-order valence-electron chi connectivity index (χ0n) is 14.0. The lowest BCUT2D eigenvalue weighted by atomic mass is 10.1. The average molecular weight is 436 g/mol. The number of nitrogens with zero attached hydrogens (tertiary/aromatic N) is 1. The lowest BCUT2D eigenvalue weighted by Gasteiger charge is -2.26. The van der Waals surface area contributed by atoms with Crippen LogP contribution in [0.15, 0.2) is 64.0 Å². The molecule has 0 amide bonds. The van der Waals surface area contributed by atoms with Gasteiger partial charge in [0.15, 0.2) is 5.78 Å². The molecular weight excluding hydrogens is 418 g/mol. The van der Waals surface area contributed by atoms with Crippen molar-refractivity contribution in [1.82, 2.24) is 4.31 Å². The second-order valence-corrected chi connectivity index (χ2v) is 8.55. The minimum atomic E-state index is -3.55. The van der Waals surface area contributed by atoms with Crippen molar-refractivity contribution >= 4 is 37.8 Å². The van der Waals surface area contributed by atoms with Crippen molar-refractivity contribution in [1.29, 1.82) is 0 Å². The summed E-state index contributed by atoms with van der Waals surface area (Å²) < 4.78 is 32.7. The van der Waals surface area contributed by atoms with Crippen LogP contribution >= 0.6 is 15.9 Å². The van der Waals surface area contributed by atoms with Crippen LogP contribution in [-0.2, 0) is 14.8 Å². The Morgan fingerprint density at radius 2 is 1.69 bits per heavy atom. The van der Waals surface area contributed by atoms with Crippen molar-refractivity contribution in [3.8, 4) is 0 Å². The molecule has 0 radical (unpaired) electrons. The van der Waals surface area contributed by atoms with Gasteiger partial charge in [0.1, 0.15) is 0 Å². The van der Waals surface area contributed by atoms with E-state index >= 15 is 0 Å². The van der Waals surface area contributed by atoms with Gasteiger partial charge in [0.2, 0.25) is 10.0 Å². The highest BCUT2D eigenvalue weighted by atomic mass is 79.9. The number of hydrogen-bond donors (Lipinski definition) is 0. The summed E-state index contributed by atoms with van der Waals surface area (Å²) in [6, 6.07) is 13.6. The van der Waals surface area contributed by atoms with Crippen molar-refractivity contribution in [2.45, 2.75) is 4.90 Å². The van der Waals surface area contributed by atoms with Crippen LogP contribution < -0.4 is 0 Å². The summed E-state index contributed by atoms with van der Waals surface area (Å²) >= 11 is 3.43. The van der Waals surface area contributed by atoms with E-state index in [-0.39, 0.29) is 10.7 Å². The van der Waals surface area contributed by atoms with Crippen LogP contribution in [0.4, 0.5) is 0 Å². The highest BCUT2D eigenvalue weighted by Gasteiger charge is 2.26. The molecule has 1 saturated heterocycles. The van der Waals surface area contributed by atoms with Crippen molar-refractivity contribution in [3.63, 3.8) is 0 Å². The number of halogens is 1. The molecule has 5 nitrogen and oxygen atoms in total. The first-order chi connectivity index (χ1) is 12.5. The van der Waals surface area contributed by atoms with Gasteiger partial charge >= 0.3 is 0 Å². The number of benzene rings is 2. The molecule has 3 rings (SSSR count). The maximum atomic E-state index is 12.6. The number of hydrogen-bond acceptors (Lipinski definition) is 4. The number of rotatable bonds is 5. The van der Waals surface area contributed by atoms with E-state index in [0.717, 1.165) is 10.0 Å². The fraction of sp³-hybridized carbons (Fsp3) is 0.211. The van der Waals surface area contributed by atoms with Crippen LogP contribution in [-0.4, -0.2) is 44.8 Å². The van der Waals surface area contributed by atoms with E-state index in [1.54, 1.807) is 18.2 Å². The first-order valence-corrected chi connectivity index (χ1v) is 10.4. The molecule has 0 saturated carbocycles. The topological polar surface area (TPSA) is 63.7 Å². The van der Waals surface area contributed by atoms with E-state index in [1.165, 1.54) is 22.5 Å². The van der Waals surface area contributed by atoms with Gasteiger partial charge in [-0.25, -0.2) is 8.42 Å². The van der Waals surface area contributed by atoms with Crippen LogP contribution in [0.3, 0.4) is 0 Å². The number of sulfonamides is 1. The van der Waals surface area contributed by atoms with Gasteiger partial charge in [-0.1, -0.05) is 34.1 Å². The van der Waals surface area contributed by atoms with Gasteiger partial charge in [-0.15, -0.1) is 0 Å². The Hall–Kier alpha value is -1.80. The molecule has 1 fully saturated rings. The maximum Gasteiger partial charge on any atom is 0.243 e. The van der Waals surface area contributed by atoms with Crippen molar-refractivity contribution in [3.05, 3.63) is 70.2 Å². The molecule has 1 heterocycles. The maximum absolute atomic E-state index is 12.6. The molecule has 0 spiro atoms. The van der Waals surface area contributed by atoms with Crippen LogP contribution in [0, 0.1) is 0 Å². The van der Waals surface area contributed by atoms with Gasteiger partial charge in [-0.3, -0.25) is 4.79 Å². The lowest BCUT2D eigenvalue weighted by Crippen LogP contribution is -2.40. The van der Waals surface area contributed by atoms with E-state index in [0.29, 0.717) is 31.9 Å². The third kappa shape index (κ3) is 4.29. The molecule has 1 aliphatic rings. The van der Waals surface area contributed by atoms with Gasteiger partial charge in [0, 0.05) is 23.1 Å². The predicted molar refractivity (Wildman–Crippen MR) is 104 cm³/mol. The molecule has 0 atom stereocenters. The van der Waals surface area contributed by atoms with Crippen molar-refractivity contribution < 1.29 is 17.9 Å². The standard InChI is InChI=1S/C19H18BrNO4S/c20-18-4-2-1-3-15(18)7-10-19(22)16-5-8-17(9-6-16)26(23,24)21-11-13-25-14-12-21/h1-10H,11-14H2/b10-7+. The monoisotopic (exact) mass is 435 g/mol. The summed E-state index contributed by atoms with van der Waals surface area (Å²) in [4.78, 5) is 12.5. The van der Waals surface area contributed by atoms with Crippen LogP contribution in [0.5, 0.6) is 0 Å². The van der Waals surface area contributed by atoms with Gasteiger partial charge in [0.05, 0.1) is 18.1 Å². The number of morpholine rings is 1. The third-order valence-corrected chi connectivity index (χ3v) is 6.70. The third-order valence-electron chi connectivity index (χ3n) is 4.07. The summed E-state index contributed by atoms with van der Waals surface area (Å²) in [5.41, 5.74) is 1.33. The Labute approximate surface area is 161 Å². The zero-order chi connectivity index (χ0) is 18.6. The fourth-order valence-electron chi connectivity index (χ4n) is 2.60. The Bertz CT molecular complexity index is 917. The summed E-state index contributed by atoms with van der Waals surface area (Å²) in [6.45, 7) is 1.49. The number of ketones is 1. The van der Waals surface area contributed by atoms with E-state index < -0.39 is 10.0 Å². The first-order valence-electron chi connectivity index (χ1n) is 8.13. The molecule has 7 heteroatoms. The van der Waals surface area contributed by atoms with Crippen molar-refractivity contribution in [2.24, 2.45) is 0 Å². The van der Waals surface area contributed by atoms with Crippen LogP contribution in [0.1, 0.15) is 15.9 Å². The highest BCUT2D eigenvalue weighted by molar-refractivity contribution is 9.10. The minimum Gasteiger partial charge on any atom is -0.379 e. The molecule has 0 unspecified atom stereocenters. The van der Waals surface area contributed by atoms with E-state index in [4.69, 9.17) is 4.74 Å². The molecule has 2 aromatic carbocycles. The second kappa shape index (κ2) is 8.26.